The number of nitrogens with one attached hydrogen (secondary N) is 1. The Bertz CT molecular complexity index is 952. The number of rotatable bonds is 5. The molecule has 0 radical (unpaired) electrons. The highest BCUT2D eigenvalue weighted by Crippen LogP contribution is 2.27. The van der Waals surface area contributed by atoms with Crippen molar-refractivity contribution in [2.24, 2.45) is 0 Å². The number of carbonyl (C=O) groups is 1. The van der Waals surface area contributed by atoms with Gasteiger partial charge in [-0.3, -0.25) is 4.79 Å². The van der Waals surface area contributed by atoms with Gasteiger partial charge in [-0.25, -0.2) is 4.98 Å². The molecule has 1 aromatic heterocycles. The van der Waals surface area contributed by atoms with Crippen LogP contribution >= 0.6 is 11.8 Å². The van der Waals surface area contributed by atoms with E-state index in [1.807, 2.05) is 48.5 Å². The number of nitriles is 1. The van der Waals surface area contributed by atoms with Gasteiger partial charge in [0.25, 0.3) is 0 Å². The van der Waals surface area contributed by atoms with Crippen LogP contribution < -0.4 is 10.1 Å². The third-order valence-electron chi connectivity index (χ3n) is 3.50. The summed E-state index contributed by atoms with van der Waals surface area (Å²) < 4.78 is 5.19. The monoisotopic (exact) mass is 349 g/mol. The molecular formula is C19H15N3O2S. The van der Waals surface area contributed by atoms with Crippen molar-refractivity contribution < 1.29 is 9.53 Å². The lowest BCUT2D eigenvalue weighted by atomic mass is 10.1. The first-order chi connectivity index (χ1) is 12.2. The summed E-state index contributed by atoms with van der Waals surface area (Å²) in [5, 5.41) is 13.6. The van der Waals surface area contributed by atoms with Crippen LogP contribution in [0.5, 0.6) is 5.75 Å². The largest absolute Gasteiger partial charge is 0.497 e. The van der Waals surface area contributed by atoms with Gasteiger partial charge >= 0.3 is 0 Å². The minimum absolute atomic E-state index is 0.142. The average Bonchev–Trinajstić information content (AvgIpc) is 2.65. The molecule has 3 rings (SSSR count). The van der Waals surface area contributed by atoms with Crippen LogP contribution in [0.25, 0.3) is 10.9 Å². The van der Waals surface area contributed by atoms with Crippen LogP contribution in [-0.2, 0) is 4.79 Å². The lowest BCUT2D eigenvalue weighted by molar-refractivity contribution is -0.113. The van der Waals surface area contributed by atoms with E-state index in [1.165, 1.54) is 11.8 Å². The SMILES string of the molecule is COc1ccc2nc(SCC(=O)Nc3ccccc3)c(C#N)cc2c1. The Labute approximate surface area is 149 Å². The van der Waals surface area contributed by atoms with E-state index in [-0.39, 0.29) is 11.7 Å². The third-order valence-corrected chi connectivity index (χ3v) is 4.50. The number of aromatic nitrogens is 1. The summed E-state index contributed by atoms with van der Waals surface area (Å²) in [5.41, 5.74) is 1.94. The zero-order valence-electron chi connectivity index (χ0n) is 13.5. The van der Waals surface area contributed by atoms with Gasteiger partial charge in [-0.05, 0) is 36.4 Å². The molecule has 0 aliphatic carbocycles. The van der Waals surface area contributed by atoms with Crippen molar-refractivity contribution in [3.05, 3.63) is 60.2 Å². The summed E-state index contributed by atoms with van der Waals surface area (Å²) in [5.74, 6) is 0.746. The van der Waals surface area contributed by atoms with Crippen molar-refractivity contribution in [1.82, 2.24) is 4.98 Å². The highest BCUT2D eigenvalue weighted by molar-refractivity contribution is 8.00. The smallest absolute Gasteiger partial charge is 0.234 e. The average molecular weight is 349 g/mol. The number of hydrogen-bond acceptors (Lipinski definition) is 5. The molecule has 0 spiro atoms. The van der Waals surface area contributed by atoms with E-state index in [0.29, 0.717) is 16.3 Å². The van der Waals surface area contributed by atoms with Crippen molar-refractivity contribution in [1.29, 1.82) is 5.26 Å². The van der Waals surface area contributed by atoms with E-state index < -0.39 is 0 Å². The zero-order chi connectivity index (χ0) is 17.6. The molecule has 1 amide bonds. The minimum atomic E-state index is -0.142. The number of para-hydroxylation sites is 1. The van der Waals surface area contributed by atoms with Crippen molar-refractivity contribution in [3.63, 3.8) is 0 Å². The second-order valence-electron chi connectivity index (χ2n) is 5.21. The number of fused-ring (bicyclic) bond motifs is 1. The van der Waals surface area contributed by atoms with E-state index in [2.05, 4.69) is 16.4 Å². The van der Waals surface area contributed by atoms with Crippen molar-refractivity contribution in [2.75, 3.05) is 18.2 Å². The fourth-order valence-electron chi connectivity index (χ4n) is 2.31. The number of pyridine rings is 1. The minimum Gasteiger partial charge on any atom is -0.497 e. The van der Waals surface area contributed by atoms with Gasteiger partial charge in [0.15, 0.2) is 0 Å². The van der Waals surface area contributed by atoms with Gasteiger partial charge in [0, 0.05) is 11.1 Å². The summed E-state index contributed by atoms with van der Waals surface area (Å²) in [7, 11) is 1.59. The molecular weight excluding hydrogens is 334 g/mol. The van der Waals surface area contributed by atoms with Gasteiger partial charge in [0.05, 0.1) is 23.9 Å². The van der Waals surface area contributed by atoms with Gasteiger partial charge in [-0.2, -0.15) is 5.26 Å². The predicted molar refractivity (Wildman–Crippen MR) is 98.8 cm³/mol. The van der Waals surface area contributed by atoms with E-state index in [9.17, 15) is 10.1 Å². The summed E-state index contributed by atoms with van der Waals surface area (Å²) >= 11 is 1.25. The molecule has 5 nitrogen and oxygen atoms in total. The van der Waals surface area contributed by atoms with Crippen LogP contribution in [-0.4, -0.2) is 23.8 Å². The summed E-state index contributed by atoms with van der Waals surface area (Å²) in [6.45, 7) is 0. The number of carbonyl (C=O) groups excluding carboxylic acids is 1. The summed E-state index contributed by atoms with van der Waals surface area (Å²) in [4.78, 5) is 16.6. The molecule has 0 saturated carbocycles. The maximum absolute atomic E-state index is 12.1. The molecule has 1 N–H and O–H groups in total. The van der Waals surface area contributed by atoms with Crippen LogP contribution in [0, 0.1) is 11.3 Å². The summed E-state index contributed by atoms with van der Waals surface area (Å²) in [6.07, 6.45) is 0. The van der Waals surface area contributed by atoms with Crippen molar-refractivity contribution >= 4 is 34.3 Å². The molecule has 6 heteroatoms. The highest BCUT2D eigenvalue weighted by Gasteiger charge is 2.11. The van der Waals surface area contributed by atoms with Crippen LogP contribution in [0.4, 0.5) is 5.69 Å². The maximum atomic E-state index is 12.1. The zero-order valence-corrected chi connectivity index (χ0v) is 14.3. The normalized spacial score (nSPS) is 10.2. The van der Waals surface area contributed by atoms with Crippen molar-refractivity contribution in [3.8, 4) is 11.8 Å². The Balaban J connectivity index is 1.76. The molecule has 0 atom stereocenters. The highest BCUT2D eigenvalue weighted by atomic mass is 32.2. The molecule has 25 heavy (non-hydrogen) atoms. The number of amides is 1. The molecule has 0 fully saturated rings. The second-order valence-corrected chi connectivity index (χ2v) is 6.18. The van der Waals surface area contributed by atoms with Gasteiger partial charge in [0.2, 0.25) is 5.91 Å². The Hall–Kier alpha value is -3.04. The molecule has 2 aromatic carbocycles. The molecule has 0 aliphatic heterocycles. The lowest BCUT2D eigenvalue weighted by Crippen LogP contribution is -2.14. The number of thioether (sulfide) groups is 1. The third kappa shape index (κ3) is 4.08. The maximum Gasteiger partial charge on any atom is 0.234 e. The van der Waals surface area contributed by atoms with E-state index in [4.69, 9.17) is 4.74 Å². The Kier molecular flexibility index (Phi) is 5.17. The molecule has 3 aromatic rings. The van der Waals surface area contributed by atoms with Gasteiger partial charge in [-0.1, -0.05) is 30.0 Å². The van der Waals surface area contributed by atoms with Gasteiger partial charge < -0.3 is 10.1 Å². The number of anilines is 1. The number of ether oxygens (including phenoxy) is 1. The topological polar surface area (TPSA) is 75.0 Å². The van der Waals surface area contributed by atoms with E-state index in [0.717, 1.165) is 16.6 Å². The Morgan fingerprint density at radius 3 is 2.76 bits per heavy atom. The lowest BCUT2D eigenvalue weighted by Gasteiger charge is -2.08. The molecule has 1 heterocycles. The first-order valence-corrected chi connectivity index (χ1v) is 8.55. The number of benzene rings is 2. The van der Waals surface area contributed by atoms with E-state index in [1.54, 1.807) is 13.2 Å². The van der Waals surface area contributed by atoms with E-state index >= 15 is 0 Å². The fourth-order valence-corrected chi connectivity index (χ4v) is 3.07. The van der Waals surface area contributed by atoms with Gasteiger partial charge in [0.1, 0.15) is 16.8 Å². The molecule has 124 valence electrons. The van der Waals surface area contributed by atoms with Crippen LogP contribution in [0.2, 0.25) is 0 Å². The number of methoxy groups -OCH3 is 1. The standard InChI is InChI=1S/C19H15N3O2S/c1-24-16-7-8-17-13(10-16)9-14(11-20)19(22-17)25-12-18(23)21-15-5-3-2-4-6-15/h2-10H,12H2,1H3,(H,21,23). The molecule has 0 unspecified atom stereocenters. The quantitative estimate of drug-likeness (QED) is 0.708. The molecule has 0 saturated heterocycles. The molecule has 0 bridgehead atoms. The predicted octanol–water partition coefficient (Wildman–Crippen LogP) is 3.85. The van der Waals surface area contributed by atoms with Crippen LogP contribution in [0.15, 0.2) is 59.6 Å². The Morgan fingerprint density at radius 2 is 2.04 bits per heavy atom. The first-order valence-electron chi connectivity index (χ1n) is 7.56. The van der Waals surface area contributed by atoms with Crippen molar-refractivity contribution in [2.45, 2.75) is 5.03 Å². The molecule has 0 aliphatic rings. The van der Waals surface area contributed by atoms with Crippen LogP contribution in [0.1, 0.15) is 5.56 Å². The van der Waals surface area contributed by atoms with Crippen LogP contribution in [0.3, 0.4) is 0 Å². The first kappa shape index (κ1) is 16.8. The summed E-state index contributed by atoms with van der Waals surface area (Å²) in [6, 6.07) is 18.6. The Morgan fingerprint density at radius 1 is 1.24 bits per heavy atom. The van der Waals surface area contributed by atoms with Gasteiger partial charge in [-0.15, -0.1) is 0 Å². The fraction of sp³-hybridized carbons (Fsp3) is 0.105. The number of nitrogens with zero attached hydrogens (tertiary/aromatic N) is 2. The second kappa shape index (κ2) is 7.69. The number of hydrogen-bond donors (Lipinski definition) is 1.